The van der Waals surface area contributed by atoms with Crippen molar-refractivity contribution in [3.8, 4) is 0 Å². The zero-order valence-corrected chi connectivity index (χ0v) is 19.7. The lowest BCUT2D eigenvalue weighted by molar-refractivity contribution is -0.240. The molecular weight excluding hydrogens is 426 g/mol. The van der Waals surface area contributed by atoms with Gasteiger partial charge in [-0.3, -0.25) is 14.5 Å². The molecule has 3 aromatic carbocycles. The Kier molecular flexibility index (Phi) is 7.43. The molecule has 0 saturated carbocycles. The Hall–Kier alpha value is -3.44. The molecule has 0 radical (unpaired) electrons. The van der Waals surface area contributed by atoms with Crippen LogP contribution in [0.5, 0.6) is 0 Å². The Balaban J connectivity index is 1.65. The van der Waals surface area contributed by atoms with Crippen LogP contribution in [-0.4, -0.2) is 28.7 Å². The summed E-state index contributed by atoms with van der Waals surface area (Å²) < 4.78 is 10.8. The molecule has 1 heterocycles. The summed E-state index contributed by atoms with van der Waals surface area (Å²) in [6.45, 7) is 4.54. The fourth-order valence-corrected chi connectivity index (χ4v) is 4.41. The van der Waals surface area contributed by atoms with E-state index < -0.39 is 23.6 Å². The van der Waals surface area contributed by atoms with Gasteiger partial charge in [0.05, 0.1) is 0 Å². The summed E-state index contributed by atoms with van der Waals surface area (Å²) in [5, 5.41) is 0. The van der Waals surface area contributed by atoms with E-state index in [2.05, 4.69) is 41.3 Å². The maximum atomic E-state index is 12.8. The van der Waals surface area contributed by atoms with Crippen molar-refractivity contribution in [3.05, 3.63) is 108 Å². The van der Waals surface area contributed by atoms with Crippen molar-refractivity contribution in [2.24, 2.45) is 5.92 Å². The normalized spacial score (nSPS) is 16.7. The fourth-order valence-electron chi connectivity index (χ4n) is 4.41. The summed E-state index contributed by atoms with van der Waals surface area (Å²) in [7, 11) is 0. The predicted octanol–water partition coefficient (Wildman–Crippen LogP) is 5.14. The lowest BCUT2D eigenvalue weighted by atomic mass is 9.92. The summed E-state index contributed by atoms with van der Waals surface area (Å²) >= 11 is 0. The Bertz CT molecular complexity index is 1020. The van der Waals surface area contributed by atoms with Crippen LogP contribution < -0.4 is 0 Å². The van der Waals surface area contributed by atoms with Gasteiger partial charge in [0.25, 0.3) is 5.79 Å². The number of carbonyl (C=O) groups is 2. The molecule has 34 heavy (non-hydrogen) atoms. The molecule has 0 N–H and O–H groups in total. The largest absolute Gasteiger partial charge is 0.422 e. The van der Waals surface area contributed by atoms with E-state index >= 15 is 0 Å². The van der Waals surface area contributed by atoms with Crippen LogP contribution in [0.2, 0.25) is 0 Å². The number of esters is 2. The van der Waals surface area contributed by atoms with E-state index in [0.29, 0.717) is 25.9 Å². The van der Waals surface area contributed by atoms with Gasteiger partial charge < -0.3 is 9.47 Å². The first-order chi connectivity index (χ1) is 16.4. The maximum absolute atomic E-state index is 12.8. The second kappa shape index (κ2) is 10.7. The van der Waals surface area contributed by atoms with Crippen LogP contribution in [0.15, 0.2) is 91.0 Å². The molecule has 1 fully saturated rings. The van der Waals surface area contributed by atoms with Gasteiger partial charge in [-0.2, -0.15) is 0 Å². The molecule has 0 aromatic heterocycles. The minimum Gasteiger partial charge on any atom is -0.422 e. The van der Waals surface area contributed by atoms with Crippen LogP contribution in [0.25, 0.3) is 0 Å². The van der Waals surface area contributed by atoms with Crippen molar-refractivity contribution in [3.63, 3.8) is 0 Å². The van der Waals surface area contributed by atoms with Crippen LogP contribution >= 0.6 is 0 Å². The molecule has 0 spiro atoms. The second-order valence-electron chi connectivity index (χ2n) is 9.25. The highest BCUT2D eigenvalue weighted by molar-refractivity contribution is 5.96. The number of hydrogen-bond acceptors (Lipinski definition) is 5. The van der Waals surface area contributed by atoms with Gasteiger partial charge in [-0.25, -0.2) is 0 Å². The number of nitrogens with zero attached hydrogens (tertiary/aromatic N) is 1. The number of carbonyl (C=O) groups excluding carboxylic acids is 2. The van der Waals surface area contributed by atoms with Crippen molar-refractivity contribution >= 4 is 11.9 Å². The van der Waals surface area contributed by atoms with Gasteiger partial charge in [-0.15, -0.1) is 0 Å². The summed E-state index contributed by atoms with van der Waals surface area (Å²) in [5.74, 6) is -3.21. The van der Waals surface area contributed by atoms with Crippen LogP contribution in [0.1, 0.15) is 37.0 Å². The molecule has 4 rings (SSSR count). The maximum Gasteiger partial charge on any atom is 0.323 e. The third-order valence-corrected chi connectivity index (χ3v) is 6.06. The highest BCUT2D eigenvalue weighted by atomic mass is 16.7. The first-order valence-corrected chi connectivity index (χ1v) is 11.7. The highest BCUT2D eigenvalue weighted by Crippen LogP contribution is 2.29. The molecule has 3 aromatic rings. The zero-order valence-electron chi connectivity index (χ0n) is 19.7. The average Bonchev–Trinajstić information content (AvgIpc) is 2.82. The monoisotopic (exact) mass is 457 g/mol. The van der Waals surface area contributed by atoms with Crippen molar-refractivity contribution in [1.29, 1.82) is 0 Å². The molecule has 1 aliphatic rings. The lowest BCUT2D eigenvalue weighted by Gasteiger charge is -2.37. The van der Waals surface area contributed by atoms with E-state index in [9.17, 15) is 9.59 Å². The molecular formula is C29H31NO4. The molecule has 0 bridgehead atoms. The fraction of sp³-hybridized carbons (Fsp3) is 0.310. The predicted molar refractivity (Wildman–Crippen MR) is 130 cm³/mol. The zero-order chi connectivity index (χ0) is 24.0. The lowest BCUT2D eigenvalue weighted by Crippen LogP contribution is -2.49. The standard InChI is InChI=1S/C29H31NO4/c1-29(2)33-27(31)26(28(32)34-29)19-25(18-22-12-6-3-7-13-22)30(20-23-14-8-4-9-15-23)21-24-16-10-5-11-17-24/h3-17,25-26H,18-21H2,1-2H3/t25-/m0/s1. The van der Waals surface area contributed by atoms with E-state index in [-0.39, 0.29) is 6.04 Å². The van der Waals surface area contributed by atoms with Crippen LogP contribution in [0.4, 0.5) is 0 Å². The molecule has 5 heteroatoms. The SMILES string of the molecule is CC1(C)OC(=O)C(C[C@H](Cc2ccccc2)N(Cc2ccccc2)Cc2ccccc2)C(=O)O1. The van der Waals surface area contributed by atoms with Crippen molar-refractivity contribution < 1.29 is 19.1 Å². The van der Waals surface area contributed by atoms with Crippen molar-refractivity contribution in [2.45, 2.75) is 51.6 Å². The van der Waals surface area contributed by atoms with E-state index in [1.54, 1.807) is 13.8 Å². The summed E-state index contributed by atoms with van der Waals surface area (Å²) in [5.41, 5.74) is 3.49. The summed E-state index contributed by atoms with van der Waals surface area (Å²) in [6, 6.07) is 30.6. The Morgan fingerprint density at radius 1 is 0.706 bits per heavy atom. The van der Waals surface area contributed by atoms with E-state index in [1.807, 2.05) is 54.6 Å². The number of ether oxygens (including phenoxy) is 2. The number of hydrogen-bond donors (Lipinski definition) is 0. The molecule has 5 nitrogen and oxygen atoms in total. The first-order valence-electron chi connectivity index (χ1n) is 11.7. The molecule has 1 aliphatic heterocycles. The Morgan fingerprint density at radius 3 is 1.56 bits per heavy atom. The summed E-state index contributed by atoms with van der Waals surface area (Å²) in [4.78, 5) is 28.0. The van der Waals surface area contributed by atoms with Crippen LogP contribution in [-0.2, 0) is 38.6 Å². The Morgan fingerprint density at radius 2 is 1.12 bits per heavy atom. The number of benzene rings is 3. The molecule has 1 saturated heterocycles. The van der Waals surface area contributed by atoms with Gasteiger partial charge in [0.1, 0.15) is 0 Å². The van der Waals surface area contributed by atoms with Crippen LogP contribution in [0.3, 0.4) is 0 Å². The topological polar surface area (TPSA) is 55.8 Å². The van der Waals surface area contributed by atoms with Gasteiger partial charge in [0.2, 0.25) is 0 Å². The van der Waals surface area contributed by atoms with Gasteiger partial charge in [0, 0.05) is 33.0 Å². The van der Waals surface area contributed by atoms with Gasteiger partial charge >= 0.3 is 11.9 Å². The van der Waals surface area contributed by atoms with Gasteiger partial charge in [-0.1, -0.05) is 91.0 Å². The molecule has 176 valence electrons. The smallest absolute Gasteiger partial charge is 0.323 e. The highest BCUT2D eigenvalue weighted by Gasteiger charge is 2.44. The van der Waals surface area contributed by atoms with E-state index in [0.717, 1.165) is 5.56 Å². The van der Waals surface area contributed by atoms with Crippen LogP contribution in [0, 0.1) is 5.92 Å². The number of cyclic esters (lactones) is 2. The Labute approximate surface area is 201 Å². The molecule has 0 aliphatic carbocycles. The number of rotatable bonds is 9. The molecule has 0 amide bonds. The van der Waals surface area contributed by atoms with Crippen molar-refractivity contribution in [2.75, 3.05) is 0 Å². The second-order valence-corrected chi connectivity index (χ2v) is 9.25. The van der Waals surface area contributed by atoms with E-state index in [4.69, 9.17) is 9.47 Å². The molecule has 0 unspecified atom stereocenters. The minimum absolute atomic E-state index is 0.0888. The third kappa shape index (κ3) is 6.33. The third-order valence-electron chi connectivity index (χ3n) is 6.06. The van der Waals surface area contributed by atoms with Gasteiger partial charge in [0.15, 0.2) is 5.92 Å². The van der Waals surface area contributed by atoms with Gasteiger partial charge in [-0.05, 0) is 29.5 Å². The van der Waals surface area contributed by atoms with Crippen molar-refractivity contribution in [1.82, 2.24) is 4.90 Å². The quantitative estimate of drug-likeness (QED) is 0.329. The average molecular weight is 458 g/mol. The minimum atomic E-state index is -1.23. The first kappa shape index (κ1) is 23.7. The van der Waals surface area contributed by atoms with E-state index in [1.165, 1.54) is 11.1 Å². The molecule has 1 atom stereocenters. The summed E-state index contributed by atoms with van der Waals surface area (Å²) in [6.07, 6.45) is 1.02.